The Kier molecular flexibility index (Phi) is 8.01. The smallest absolute Gasteiger partial charge is 0.191 e. The Morgan fingerprint density at radius 2 is 1.93 bits per heavy atom. The molecule has 1 unspecified atom stereocenters. The first-order chi connectivity index (χ1) is 13.7. The Bertz CT molecular complexity index is 961. The minimum absolute atomic E-state index is 0.106. The van der Waals surface area contributed by atoms with Crippen molar-refractivity contribution in [1.29, 1.82) is 0 Å². The first-order valence-corrected chi connectivity index (χ1v) is 11.3. The Labute approximate surface area is 172 Å². The van der Waals surface area contributed by atoms with Crippen LogP contribution < -0.4 is 15.4 Å². The van der Waals surface area contributed by atoms with Gasteiger partial charge in [-0.25, -0.2) is 12.8 Å². The van der Waals surface area contributed by atoms with Crippen molar-refractivity contribution in [3.63, 3.8) is 0 Å². The third-order valence-electron chi connectivity index (χ3n) is 4.14. The fourth-order valence-electron chi connectivity index (χ4n) is 2.78. The van der Waals surface area contributed by atoms with E-state index in [1.165, 1.54) is 18.2 Å². The number of nitrogens with one attached hydrogen (secondary N) is 2. The summed E-state index contributed by atoms with van der Waals surface area (Å²) in [4.78, 5) is 4.15. The number of rotatable bonds is 8. The molecule has 0 saturated carbocycles. The van der Waals surface area contributed by atoms with Crippen molar-refractivity contribution in [3.8, 4) is 5.75 Å². The van der Waals surface area contributed by atoms with Gasteiger partial charge in [-0.2, -0.15) is 0 Å². The van der Waals surface area contributed by atoms with Gasteiger partial charge in [0.15, 0.2) is 15.8 Å². The van der Waals surface area contributed by atoms with E-state index in [4.69, 9.17) is 4.74 Å². The molecule has 2 aromatic rings. The van der Waals surface area contributed by atoms with Gasteiger partial charge in [0.05, 0.1) is 12.3 Å². The van der Waals surface area contributed by atoms with Crippen molar-refractivity contribution in [3.05, 3.63) is 65.0 Å². The van der Waals surface area contributed by atoms with E-state index in [9.17, 15) is 12.8 Å². The molecule has 0 aliphatic rings. The van der Waals surface area contributed by atoms with Crippen LogP contribution in [0.4, 0.5) is 4.39 Å². The van der Waals surface area contributed by atoms with E-state index < -0.39 is 15.7 Å². The highest BCUT2D eigenvalue weighted by molar-refractivity contribution is 7.89. The lowest BCUT2D eigenvalue weighted by atomic mass is 10.1. The molecule has 0 spiro atoms. The summed E-state index contributed by atoms with van der Waals surface area (Å²) in [6, 6.07) is 11.9. The second-order valence-electron chi connectivity index (χ2n) is 7.03. The normalized spacial score (nSPS) is 13.1. The Hall–Kier alpha value is -2.61. The topological polar surface area (TPSA) is 79.8 Å². The molecule has 0 saturated heterocycles. The number of hydrogen-bond donors (Lipinski definition) is 2. The largest absolute Gasteiger partial charge is 0.489 e. The average molecular weight is 422 g/mol. The highest BCUT2D eigenvalue weighted by Crippen LogP contribution is 2.15. The SMILES string of the molecule is CN=C(NCc1cc(F)ccc1CS(C)(=O)=O)NCC(C)Oc1cccc(C)c1. The minimum Gasteiger partial charge on any atom is -0.489 e. The molecule has 0 fully saturated rings. The third kappa shape index (κ3) is 8.11. The molecular formula is C21H28FN3O3S. The Morgan fingerprint density at radius 3 is 2.59 bits per heavy atom. The maximum atomic E-state index is 13.6. The van der Waals surface area contributed by atoms with E-state index in [1.54, 1.807) is 7.05 Å². The summed E-state index contributed by atoms with van der Waals surface area (Å²) in [5.74, 6) is 0.756. The highest BCUT2D eigenvalue weighted by atomic mass is 32.2. The number of nitrogens with zero attached hydrogens (tertiary/aromatic N) is 1. The van der Waals surface area contributed by atoms with Crippen molar-refractivity contribution in [2.24, 2.45) is 4.99 Å². The second kappa shape index (κ2) is 10.2. The van der Waals surface area contributed by atoms with Gasteiger partial charge in [-0.15, -0.1) is 0 Å². The summed E-state index contributed by atoms with van der Waals surface area (Å²) in [5.41, 5.74) is 2.26. The summed E-state index contributed by atoms with van der Waals surface area (Å²) in [6.45, 7) is 4.70. The zero-order valence-corrected chi connectivity index (χ0v) is 18.0. The Morgan fingerprint density at radius 1 is 1.17 bits per heavy atom. The molecular weight excluding hydrogens is 393 g/mol. The van der Waals surface area contributed by atoms with Crippen LogP contribution in [-0.4, -0.2) is 40.3 Å². The number of halogens is 1. The highest BCUT2D eigenvalue weighted by Gasteiger charge is 2.12. The predicted octanol–water partition coefficient (Wildman–Crippen LogP) is 2.81. The lowest BCUT2D eigenvalue weighted by Crippen LogP contribution is -2.41. The summed E-state index contributed by atoms with van der Waals surface area (Å²) in [5, 5.41) is 6.25. The van der Waals surface area contributed by atoms with E-state index in [2.05, 4.69) is 15.6 Å². The zero-order valence-electron chi connectivity index (χ0n) is 17.2. The number of benzene rings is 2. The van der Waals surface area contributed by atoms with Gasteiger partial charge in [0, 0.05) is 19.8 Å². The Balaban J connectivity index is 1.93. The van der Waals surface area contributed by atoms with Gasteiger partial charge in [0.25, 0.3) is 0 Å². The van der Waals surface area contributed by atoms with Crippen LogP contribution in [0.1, 0.15) is 23.6 Å². The monoisotopic (exact) mass is 421 g/mol. The van der Waals surface area contributed by atoms with Crippen LogP contribution in [0.15, 0.2) is 47.5 Å². The van der Waals surface area contributed by atoms with Crippen molar-refractivity contribution in [2.75, 3.05) is 19.8 Å². The number of aliphatic imine (C=N–C) groups is 1. The van der Waals surface area contributed by atoms with Gasteiger partial charge >= 0.3 is 0 Å². The average Bonchev–Trinajstić information content (AvgIpc) is 2.63. The van der Waals surface area contributed by atoms with E-state index in [0.29, 0.717) is 23.6 Å². The molecule has 0 bridgehead atoms. The number of ether oxygens (including phenoxy) is 1. The van der Waals surface area contributed by atoms with Crippen LogP contribution in [-0.2, 0) is 22.1 Å². The molecule has 29 heavy (non-hydrogen) atoms. The first kappa shape index (κ1) is 22.7. The van der Waals surface area contributed by atoms with Crippen molar-refractivity contribution < 1.29 is 17.5 Å². The molecule has 0 amide bonds. The van der Waals surface area contributed by atoms with E-state index in [-0.39, 0.29) is 18.4 Å². The first-order valence-electron chi connectivity index (χ1n) is 9.29. The van der Waals surface area contributed by atoms with Crippen molar-refractivity contribution in [2.45, 2.75) is 32.2 Å². The van der Waals surface area contributed by atoms with Gasteiger partial charge in [-0.3, -0.25) is 4.99 Å². The summed E-state index contributed by atoms with van der Waals surface area (Å²) in [7, 11) is -1.59. The molecule has 2 rings (SSSR count). The quantitative estimate of drug-likeness (QED) is 0.506. The molecule has 158 valence electrons. The van der Waals surface area contributed by atoms with Gasteiger partial charge in [-0.05, 0) is 54.8 Å². The second-order valence-corrected chi connectivity index (χ2v) is 9.17. The van der Waals surface area contributed by atoms with Crippen LogP contribution >= 0.6 is 0 Å². The number of aryl methyl sites for hydroxylation is 1. The number of hydrogen-bond acceptors (Lipinski definition) is 4. The molecule has 6 nitrogen and oxygen atoms in total. The lowest BCUT2D eigenvalue weighted by molar-refractivity contribution is 0.223. The summed E-state index contributed by atoms with van der Waals surface area (Å²) < 4.78 is 42.7. The van der Waals surface area contributed by atoms with Crippen LogP contribution in [0.25, 0.3) is 0 Å². The van der Waals surface area contributed by atoms with E-state index >= 15 is 0 Å². The summed E-state index contributed by atoms with van der Waals surface area (Å²) >= 11 is 0. The van der Waals surface area contributed by atoms with Crippen LogP contribution in [0.3, 0.4) is 0 Å². The lowest BCUT2D eigenvalue weighted by Gasteiger charge is -2.18. The van der Waals surface area contributed by atoms with Gasteiger partial charge in [-0.1, -0.05) is 18.2 Å². The molecule has 2 N–H and O–H groups in total. The molecule has 0 radical (unpaired) electrons. The zero-order chi connectivity index (χ0) is 21.4. The van der Waals surface area contributed by atoms with Crippen molar-refractivity contribution >= 4 is 15.8 Å². The standard InChI is InChI=1S/C21H28FN3O3S/c1-15-6-5-7-20(10-15)28-16(2)12-24-21(23-3)25-13-18-11-19(22)9-8-17(18)14-29(4,26)27/h5-11,16H,12-14H2,1-4H3,(H2,23,24,25). The molecule has 0 aromatic heterocycles. The van der Waals surface area contributed by atoms with Crippen LogP contribution in [0, 0.1) is 12.7 Å². The van der Waals surface area contributed by atoms with E-state index in [0.717, 1.165) is 17.6 Å². The molecule has 0 heterocycles. The molecule has 0 aliphatic carbocycles. The number of sulfone groups is 1. The number of guanidine groups is 1. The third-order valence-corrected chi connectivity index (χ3v) is 4.98. The maximum absolute atomic E-state index is 13.6. The summed E-state index contributed by atoms with van der Waals surface area (Å²) in [6.07, 6.45) is 1.05. The van der Waals surface area contributed by atoms with Crippen LogP contribution in [0.2, 0.25) is 0 Å². The molecule has 0 aliphatic heterocycles. The van der Waals surface area contributed by atoms with Gasteiger partial charge < -0.3 is 15.4 Å². The maximum Gasteiger partial charge on any atom is 0.191 e. The molecule has 1 atom stereocenters. The predicted molar refractivity (Wildman–Crippen MR) is 114 cm³/mol. The molecule has 8 heteroatoms. The fourth-order valence-corrected chi connectivity index (χ4v) is 3.63. The van der Waals surface area contributed by atoms with Gasteiger partial charge in [0.1, 0.15) is 17.7 Å². The van der Waals surface area contributed by atoms with E-state index in [1.807, 2.05) is 38.1 Å². The fraction of sp³-hybridized carbons (Fsp3) is 0.381. The minimum atomic E-state index is -3.22. The van der Waals surface area contributed by atoms with Crippen molar-refractivity contribution in [1.82, 2.24) is 10.6 Å². The van der Waals surface area contributed by atoms with Gasteiger partial charge in [0.2, 0.25) is 0 Å². The molecule has 2 aromatic carbocycles. The van der Waals surface area contributed by atoms with Crippen LogP contribution in [0.5, 0.6) is 5.75 Å².